The lowest BCUT2D eigenvalue weighted by Gasteiger charge is -2.15. The summed E-state index contributed by atoms with van der Waals surface area (Å²) in [6.07, 6.45) is 0. The Balaban J connectivity index is 4.01. The summed E-state index contributed by atoms with van der Waals surface area (Å²) in [7, 11) is 1.30. The first-order chi connectivity index (χ1) is 6.97. The molecule has 0 aliphatic heterocycles. The van der Waals surface area contributed by atoms with Crippen LogP contribution in [0.5, 0.6) is 0 Å². The van der Waals surface area contributed by atoms with Gasteiger partial charge in [-0.1, -0.05) is 0 Å². The van der Waals surface area contributed by atoms with Gasteiger partial charge in [-0.2, -0.15) is 11.8 Å². The number of nitrogens with one attached hydrogen (secondary N) is 1. The molecule has 0 bridgehead atoms. The van der Waals surface area contributed by atoms with E-state index in [2.05, 4.69) is 10.1 Å². The molecule has 0 aromatic carbocycles. The normalized spacial score (nSPS) is 14.1. The number of hydrogen-bond acceptors (Lipinski definition) is 4. The Kier molecular flexibility index (Phi) is 7.60. The molecule has 2 atom stereocenters. The SMILES string of the molecule is COC(=O)[C@H](CSCC(C)Cl)NC(C)=O. The van der Waals surface area contributed by atoms with Crippen molar-refractivity contribution in [3.05, 3.63) is 0 Å². The van der Waals surface area contributed by atoms with Gasteiger partial charge in [0.1, 0.15) is 6.04 Å². The fourth-order valence-corrected chi connectivity index (χ4v) is 2.09. The molecule has 0 fully saturated rings. The Morgan fingerprint density at radius 2 is 2.07 bits per heavy atom. The summed E-state index contributed by atoms with van der Waals surface area (Å²) in [5.74, 6) is 0.530. The first-order valence-electron chi connectivity index (χ1n) is 4.54. The van der Waals surface area contributed by atoms with E-state index >= 15 is 0 Å². The fraction of sp³-hybridized carbons (Fsp3) is 0.778. The molecule has 0 aromatic rings. The topological polar surface area (TPSA) is 55.4 Å². The number of amides is 1. The molecule has 0 aliphatic carbocycles. The van der Waals surface area contributed by atoms with Gasteiger partial charge in [-0.15, -0.1) is 11.6 Å². The Bertz CT molecular complexity index is 223. The van der Waals surface area contributed by atoms with Crippen LogP contribution in [-0.2, 0) is 14.3 Å². The van der Waals surface area contributed by atoms with E-state index < -0.39 is 12.0 Å². The second kappa shape index (κ2) is 7.82. The monoisotopic (exact) mass is 253 g/mol. The van der Waals surface area contributed by atoms with Crippen molar-refractivity contribution in [2.45, 2.75) is 25.3 Å². The Hall–Kier alpha value is -0.420. The zero-order valence-electron chi connectivity index (χ0n) is 9.08. The Morgan fingerprint density at radius 3 is 2.47 bits per heavy atom. The maximum atomic E-state index is 11.2. The maximum absolute atomic E-state index is 11.2. The van der Waals surface area contributed by atoms with E-state index in [-0.39, 0.29) is 11.3 Å². The second-order valence-electron chi connectivity index (χ2n) is 3.09. The van der Waals surface area contributed by atoms with E-state index in [1.54, 1.807) is 0 Å². The third-order valence-electron chi connectivity index (χ3n) is 1.50. The third-order valence-corrected chi connectivity index (χ3v) is 3.14. The third kappa shape index (κ3) is 7.50. The maximum Gasteiger partial charge on any atom is 0.329 e. The van der Waals surface area contributed by atoms with E-state index in [1.165, 1.54) is 25.8 Å². The van der Waals surface area contributed by atoms with Crippen LogP contribution >= 0.6 is 23.4 Å². The minimum absolute atomic E-state index is 0.0469. The van der Waals surface area contributed by atoms with Gasteiger partial charge in [0.25, 0.3) is 0 Å². The number of methoxy groups -OCH3 is 1. The number of halogens is 1. The van der Waals surface area contributed by atoms with Crippen LogP contribution in [0.2, 0.25) is 0 Å². The molecule has 0 saturated heterocycles. The molecule has 0 saturated carbocycles. The van der Waals surface area contributed by atoms with E-state index in [9.17, 15) is 9.59 Å². The summed E-state index contributed by atoms with van der Waals surface area (Å²) in [6, 6.07) is -0.590. The number of ether oxygens (including phenoxy) is 1. The molecule has 0 radical (unpaired) electrons. The van der Waals surface area contributed by atoms with E-state index in [0.29, 0.717) is 5.75 Å². The average molecular weight is 254 g/mol. The van der Waals surface area contributed by atoms with Crippen LogP contribution in [0, 0.1) is 0 Å². The van der Waals surface area contributed by atoms with Crippen molar-refractivity contribution in [1.82, 2.24) is 5.32 Å². The van der Waals surface area contributed by atoms with Gasteiger partial charge in [0.2, 0.25) is 5.91 Å². The lowest BCUT2D eigenvalue weighted by molar-refractivity contribution is -0.144. The van der Waals surface area contributed by atoms with Crippen LogP contribution in [0.3, 0.4) is 0 Å². The highest BCUT2D eigenvalue weighted by molar-refractivity contribution is 7.99. The van der Waals surface area contributed by atoms with Crippen molar-refractivity contribution in [2.75, 3.05) is 18.6 Å². The predicted octanol–water partition coefficient (Wildman–Crippen LogP) is 1.02. The highest BCUT2D eigenvalue weighted by atomic mass is 35.5. The molecule has 6 heteroatoms. The molecular formula is C9H16ClNO3S. The summed E-state index contributed by atoms with van der Waals surface area (Å²) in [4.78, 5) is 22.1. The van der Waals surface area contributed by atoms with Gasteiger partial charge in [0.05, 0.1) is 7.11 Å². The number of thioether (sulfide) groups is 1. The second-order valence-corrected chi connectivity index (χ2v) is 4.91. The summed E-state index contributed by atoms with van der Waals surface area (Å²) >= 11 is 7.26. The molecule has 0 rings (SSSR count). The van der Waals surface area contributed by atoms with Gasteiger partial charge in [0.15, 0.2) is 0 Å². The summed E-state index contributed by atoms with van der Waals surface area (Å²) in [5.41, 5.74) is 0. The summed E-state index contributed by atoms with van der Waals surface area (Å²) < 4.78 is 4.57. The molecule has 1 unspecified atom stereocenters. The standard InChI is InChI=1S/C9H16ClNO3S/c1-6(10)4-15-5-8(9(13)14-3)11-7(2)12/h6,8H,4-5H2,1-3H3,(H,11,12)/t6?,8-/m0/s1. The van der Waals surface area contributed by atoms with Gasteiger partial charge in [-0.05, 0) is 6.92 Å². The predicted molar refractivity (Wildman–Crippen MR) is 62.3 cm³/mol. The van der Waals surface area contributed by atoms with Crippen LogP contribution in [-0.4, -0.2) is 41.9 Å². The molecule has 0 aromatic heterocycles. The van der Waals surface area contributed by atoms with Gasteiger partial charge < -0.3 is 10.1 Å². The number of rotatable bonds is 6. The van der Waals surface area contributed by atoms with Crippen LogP contribution in [0.1, 0.15) is 13.8 Å². The molecule has 0 heterocycles. The van der Waals surface area contributed by atoms with Gasteiger partial charge in [-0.25, -0.2) is 4.79 Å². The summed E-state index contributed by atoms with van der Waals surface area (Å²) in [6.45, 7) is 3.24. The number of carbonyl (C=O) groups is 2. The Labute approximate surface area is 99.1 Å². The van der Waals surface area contributed by atoms with E-state index in [0.717, 1.165) is 5.75 Å². The smallest absolute Gasteiger partial charge is 0.329 e. The first-order valence-corrected chi connectivity index (χ1v) is 6.13. The first kappa shape index (κ1) is 14.6. The Morgan fingerprint density at radius 1 is 1.47 bits per heavy atom. The molecule has 0 aliphatic rings. The van der Waals surface area contributed by atoms with Gasteiger partial charge in [-0.3, -0.25) is 4.79 Å². The van der Waals surface area contributed by atoms with Crippen LogP contribution < -0.4 is 5.32 Å². The van der Waals surface area contributed by atoms with Gasteiger partial charge >= 0.3 is 5.97 Å². The zero-order chi connectivity index (χ0) is 11.8. The summed E-state index contributed by atoms with van der Waals surface area (Å²) in [5, 5.41) is 2.57. The van der Waals surface area contributed by atoms with Crippen molar-refractivity contribution in [1.29, 1.82) is 0 Å². The van der Waals surface area contributed by atoms with Crippen molar-refractivity contribution >= 4 is 35.2 Å². The quantitative estimate of drug-likeness (QED) is 0.567. The van der Waals surface area contributed by atoms with Gasteiger partial charge in [0, 0.05) is 23.8 Å². The zero-order valence-corrected chi connectivity index (χ0v) is 10.7. The van der Waals surface area contributed by atoms with Crippen molar-refractivity contribution < 1.29 is 14.3 Å². The molecular weight excluding hydrogens is 238 g/mol. The lowest BCUT2D eigenvalue weighted by atomic mass is 10.3. The molecule has 4 nitrogen and oxygen atoms in total. The fourth-order valence-electron chi connectivity index (χ4n) is 0.905. The van der Waals surface area contributed by atoms with Crippen LogP contribution in [0.15, 0.2) is 0 Å². The number of hydrogen-bond donors (Lipinski definition) is 1. The number of alkyl halides is 1. The van der Waals surface area contributed by atoms with Crippen molar-refractivity contribution in [2.24, 2.45) is 0 Å². The average Bonchev–Trinajstić information content (AvgIpc) is 2.14. The largest absolute Gasteiger partial charge is 0.467 e. The highest BCUT2D eigenvalue weighted by Crippen LogP contribution is 2.09. The molecule has 0 spiro atoms. The molecule has 88 valence electrons. The highest BCUT2D eigenvalue weighted by Gasteiger charge is 2.19. The van der Waals surface area contributed by atoms with Crippen LogP contribution in [0.25, 0.3) is 0 Å². The van der Waals surface area contributed by atoms with Crippen molar-refractivity contribution in [3.8, 4) is 0 Å². The van der Waals surface area contributed by atoms with Crippen molar-refractivity contribution in [3.63, 3.8) is 0 Å². The van der Waals surface area contributed by atoms with E-state index in [1.807, 2.05) is 6.92 Å². The molecule has 15 heavy (non-hydrogen) atoms. The molecule has 1 N–H and O–H groups in total. The minimum Gasteiger partial charge on any atom is -0.467 e. The lowest BCUT2D eigenvalue weighted by Crippen LogP contribution is -2.42. The number of esters is 1. The van der Waals surface area contributed by atoms with Crippen LogP contribution in [0.4, 0.5) is 0 Å². The van der Waals surface area contributed by atoms with E-state index in [4.69, 9.17) is 11.6 Å². The minimum atomic E-state index is -0.590. The number of carbonyl (C=O) groups excluding carboxylic acids is 2. The molecule has 1 amide bonds.